The first-order valence-electron chi connectivity index (χ1n) is 10.4. The van der Waals surface area contributed by atoms with Crippen molar-refractivity contribution in [2.75, 3.05) is 6.61 Å². The van der Waals surface area contributed by atoms with E-state index in [-0.39, 0.29) is 35.4 Å². The van der Waals surface area contributed by atoms with Gasteiger partial charge in [0, 0.05) is 11.8 Å². The first-order chi connectivity index (χ1) is 13.2. The molecule has 0 bridgehead atoms. The number of hydrogen-bond acceptors (Lipinski definition) is 6. The number of ether oxygens (including phenoxy) is 1. The van der Waals surface area contributed by atoms with E-state index >= 15 is 0 Å². The predicted molar refractivity (Wildman–Crippen MR) is 100 cm³/mol. The van der Waals surface area contributed by atoms with Gasteiger partial charge in [0.15, 0.2) is 12.4 Å². The molecule has 0 heterocycles. The molecule has 0 aliphatic heterocycles. The van der Waals surface area contributed by atoms with Gasteiger partial charge in [-0.3, -0.25) is 14.4 Å². The molecule has 6 nitrogen and oxygen atoms in total. The van der Waals surface area contributed by atoms with Gasteiger partial charge in [0.05, 0.1) is 6.10 Å². The SMILES string of the molecule is C[C@]12CCC(=O)C=C1CC[C@@H]1[C@@H]2C(O)C[C@@]2(C)[C@H]1CC[C@]2(O)C(=O)COC=O. The molecule has 4 aliphatic carbocycles. The molecular weight excluding hydrogens is 360 g/mol. The third kappa shape index (κ3) is 2.50. The summed E-state index contributed by atoms with van der Waals surface area (Å²) >= 11 is 0. The maximum atomic E-state index is 12.7. The van der Waals surface area contributed by atoms with Crippen LogP contribution >= 0.6 is 0 Å². The number of hydrogen-bond donors (Lipinski definition) is 2. The predicted octanol–water partition coefficient (Wildman–Crippen LogP) is 1.96. The van der Waals surface area contributed by atoms with Crippen molar-refractivity contribution in [2.45, 2.75) is 70.5 Å². The molecule has 6 heteroatoms. The standard InChI is InChI=1S/C22H30O6/c1-20-7-5-14(24)9-13(20)3-4-15-16-6-8-22(27,18(26)11-28-12-23)21(16,2)10-17(25)19(15)20/h9,12,15-17,19,25,27H,3-8,10-11H2,1-2H3/t15-,16-,17?,19+,20-,21-,22-/m0/s1. The summed E-state index contributed by atoms with van der Waals surface area (Å²) in [5.41, 5.74) is -1.34. The van der Waals surface area contributed by atoms with E-state index in [0.717, 1.165) is 31.3 Å². The van der Waals surface area contributed by atoms with Crippen molar-refractivity contribution in [2.24, 2.45) is 28.6 Å². The Kier molecular flexibility index (Phi) is 4.58. The molecule has 3 saturated carbocycles. The number of rotatable bonds is 4. The Bertz CT molecular complexity index is 743. The lowest BCUT2D eigenvalue weighted by atomic mass is 9.45. The number of fused-ring (bicyclic) bond motifs is 5. The largest absolute Gasteiger partial charge is 0.460 e. The van der Waals surface area contributed by atoms with Crippen LogP contribution in [0.15, 0.2) is 11.6 Å². The molecule has 7 atom stereocenters. The van der Waals surface area contributed by atoms with E-state index in [9.17, 15) is 24.6 Å². The van der Waals surface area contributed by atoms with Crippen molar-refractivity contribution in [1.82, 2.24) is 0 Å². The topological polar surface area (TPSA) is 101 Å². The summed E-state index contributed by atoms with van der Waals surface area (Å²) in [6.07, 6.45) is 5.54. The Morgan fingerprint density at radius 3 is 2.75 bits per heavy atom. The third-order valence-electron chi connectivity index (χ3n) is 8.79. The summed E-state index contributed by atoms with van der Waals surface area (Å²) in [6, 6.07) is 0. The van der Waals surface area contributed by atoms with Crippen molar-refractivity contribution < 1.29 is 29.3 Å². The average molecular weight is 390 g/mol. The molecule has 4 rings (SSSR count). The fraction of sp³-hybridized carbons (Fsp3) is 0.773. The molecule has 0 spiro atoms. The van der Waals surface area contributed by atoms with Crippen LogP contribution in [0.2, 0.25) is 0 Å². The number of ketones is 2. The smallest absolute Gasteiger partial charge is 0.293 e. The molecule has 0 aromatic heterocycles. The van der Waals surface area contributed by atoms with E-state index in [2.05, 4.69) is 11.7 Å². The molecule has 0 aromatic carbocycles. The van der Waals surface area contributed by atoms with E-state index in [1.165, 1.54) is 0 Å². The summed E-state index contributed by atoms with van der Waals surface area (Å²) in [6.45, 7) is 3.89. The van der Waals surface area contributed by atoms with Gasteiger partial charge < -0.3 is 14.9 Å². The average Bonchev–Trinajstić information content (AvgIpc) is 2.92. The van der Waals surface area contributed by atoms with Gasteiger partial charge >= 0.3 is 0 Å². The summed E-state index contributed by atoms with van der Waals surface area (Å²) in [5.74, 6) is 0.0838. The minimum Gasteiger partial charge on any atom is -0.460 e. The van der Waals surface area contributed by atoms with Crippen LogP contribution in [0, 0.1) is 28.6 Å². The van der Waals surface area contributed by atoms with Gasteiger partial charge in [-0.25, -0.2) is 0 Å². The van der Waals surface area contributed by atoms with Crippen LogP contribution < -0.4 is 0 Å². The second kappa shape index (κ2) is 6.49. The number of Topliss-reactive ketones (excluding diaryl/α,β-unsaturated/α-hetero) is 1. The lowest BCUT2D eigenvalue weighted by Crippen LogP contribution is -2.62. The molecule has 2 N–H and O–H groups in total. The van der Waals surface area contributed by atoms with Crippen LogP contribution in [-0.4, -0.2) is 46.6 Å². The van der Waals surface area contributed by atoms with Crippen LogP contribution in [0.1, 0.15) is 58.8 Å². The van der Waals surface area contributed by atoms with Gasteiger partial charge in [-0.05, 0) is 67.8 Å². The number of carbonyl (C=O) groups excluding carboxylic acids is 3. The Hall–Kier alpha value is -1.53. The summed E-state index contributed by atoms with van der Waals surface area (Å²) in [4.78, 5) is 35.2. The minimum absolute atomic E-state index is 0.0438. The van der Waals surface area contributed by atoms with Crippen LogP contribution in [-0.2, 0) is 19.1 Å². The highest BCUT2D eigenvalue weighted by Gasteiger charge is 2.68. The molecule has 0 radical (unpaired) electrons. The van der Waals surface area contributed by atoms with Crippen LogP contribution in [0.4, 0.5) is 0 Å². The van der Waals surface area contributed by atoms with E-state index in [0.29, 0.717) is 19.3 Å². The van der Waals surface area contributed by atoms with E-state index in [1.807, 2.05) is 6.92 Å². The first kappa shape index (κ1) is 19.8. The van der Waals surface area contributed by atoms with Crippen molar-refractivity contribution in [3.8, 4) is 0 Å². The number of aliphatic hydroxyl groups is 2. The normalized spacial score (nSPS) is 47.4. The molecule has 0 amide bonds. The second-order valence-corrected chi connectivity index (χ2v) is 9.81. The second-order valence-electron chi connectivity index (χ2n) is 9.81. The zero-order valence-corrected chi connectivity index (χ0v) is 16.6. The van der Waals surface area contributed by atoms with Crippen LogP contribution in [0.25, 0.3) is 0 Å². The molecule has 3 fully saturated rings. The molecule has 4 aliphatic rings. The molecule has 0 saturated heterocycles. The molecule has 28 heavy (non-hydrogen) atoms. The van der Waals surface area contributed by atoms with E-state index in [4.69, 9.17) is 0 Å². The molecule has 154 valence electrons. The summed E-state index contributed by atoms with van der Waals surface area (Å²) in [7, 11) is 0. The van der Waals surface area contributed by atoms with Crippen LogP contribution in [0.3, 0.4) is 0 Å². The van der Waals surface area contributed by atoms with Gasteiger partial charge in [-0.2, -0.15) is 0 Å². The van der Waals surface area contributed by atoms with Crippen LogP contribution in [0.5, 0.6) is 0 Å². The lowest BCUT2D eigenvalue weighted by Gasteiger charge is -2.60. The highest BCUT2D eigenvalue weighted by molar-refractivity contribution is 5.92. The third-order valence-corrected chi connectivity index (χ3v) is 8.79. The van der Waals surface area contributed by atoms with Gasteiger partial charge in [0.25, 0.3) is 6.47 Å². The minimum atomic E-state index is -1.58. The van der Waals surface area contributed by atoms with Crippen molar-refractivity contribution in [3.05, 3.63) is 11.6 Å². The van der Waals surface area contributed by atoms with Gasteiger partial charge in [0.2, 0.25) is 5.78 Å². The Morgan fingerprint density at radius 1 is 1.29 bits per heavy atom. The zero-order chi connectivity index (χ0) is 20.3. The van der Waals surface area contributed by atoms with Gasteiger partial charge in [-0.15, -0.1) is 0 Å². The number of allylic oxidation sites excluding steroid dienone is 1. The fourth-order valence-corrected chi connectivity index (χ4v) is 7.38. The maximum Gasteiger partial charge on any atom is 0.293 e. The fourth-order valence-electron chi connectivity index (χ4n) is 7.38. The number of carbonyl (C=O) groups is 3. The zero-order valence-electron chi connectivity index (χ0n) is 16.6. The number of aliphatic hydroxyl groups excluding tert-OH is 1. The Labute approximate surface area is 165 Å². The Balaban J connectivity index is 1.68. The highest BCUT2D eigenvalue weighted by atomic mass is 16.5. The van der Waals surface area contributed by atoms with Crippen molar-refractivity contribution >= 4 is 18.0 Å². The molecular formula is C22H30O6. The monoisotopic (exact) mass is 390 g/mol. The van der Waals surface area contributed by atoms with E-state index < -0.39 is 29.5 Å². The molecule has 1 unspecified atom stereocenters. The highest BCUT2D eigenvalue weighted by Crippen LogP contribution is 2.67. The summed E-state index contributed by atoms with van der Waals surface area (Å²) in [5, 5.41) is 22.6. The Morgan fingerprint density at radius 2 is 2.04 bits per heavy atom. The first-order valence-corrected chi connectivity index (χ1v) is 10.4. The summed E-state index contributed by atoms with van der Waals surface area (Å²) < 4.78 is 4.64. The van der Waals surface area contributed by atoms with Gasteiger partial charge in [0.1, 0.15) is 5.60 Å². The van der Waals surface area contributed by atoms with Gasteiger partial charge in [-0.1, -0.05) is 19.4 Å². The van der Waals surface area contributed by atoms with Crippen molar-refractivity contribution in [3.63, 3.8) is 0 Å². The van der Waals surface area contributed by atoms with Crippen molar-refractivity contribution in [1.29, 1.82) is 0 Å². The molecule has 0 aromatic rings. The lowest BCUT2D eigenvalue weighted by molar-refractivity contribution is -0.183. The van der Waals surface area contributed by atoms with E-state index in [1.54, 1.807) is 6.08 Å². The quantitative estimate of drug-likeness (QED) is 0.712. The maximum absolute atomic E-state index is 12.7.